The number of nitrogens with two attached hydrogens (primary N) is 1. The molecule has 5 heteroatoms. The second-order valence-electron chi connectivity index (χ2n) is 4.97. The maximum atomic E-state index is 5.78. The molecule has 4 nitrogen and oxygen atoms in total. The van der Waals surface area contributed by atoms with E-state index in [4.69, 9.17) is 20.2 Å². The van der Waals surface area contributed by atoms with E-state index >= 15 is 0 Å². The highest BCUT2D eigenvalue weighted by Crippen LogP contribution is 2.38. The van der Waals surface area contributed by atoms with Crippen LogP contribution in [0.3, 0.4) is 0 Å². The molecule has 0 amide bonds. The van der Waals surface area contributed by atoms with Crippen LogP contribution in [0.2, 0.25) is 0 Å². The summed E-state index contributed by atoms with van der Waals surface area (Å²) in [5.41, 5.74) is 8.26. The standard InChI is InChI=1S/C15H18N2O2S/c1-18-15(6-8-19-9-7-15)14-17-13(10-20-14)11-2-4-12(16)5-3-11/h2-5,10H,6-9,16H2,1H3. The fourth-order valence-corrected chi connectivity index (χ4v) is 3.54. The largest absolute Gasteiger partial charge is 0.399 e. The van der Waals surface area contributed by atoms with Gasteiger partial charge in [-0.2, -0.15) is 0 Å². The van der Waals surface area contributed by atoms with Gasteiger partial charge in [-0.15, -0.1) is 11.3 Å². The number of nitrogen functional groups attached to an aromatic ring is 1. The number of anilines is 1. The van der Waals surface area contributed by atoms with Crippen LogP contribution in [0, 0.1) is 0 Å². The minimum Gasteiger partial charge on any atom is -0.399 e. The van der Waals surface area contributed by atoms with Crippen molar-refractivity contribution in [3.05, 3.63) is 34.7 Å². The van der Waals surface area contributed by atoms with Crippen molar-refractivity contribution in [2.24, 2.45) is 0 Å². The van der Waals surface area contributed by atoms with Crippen molar-refractivity contribution in [3.63, 3.8) is 0 Å². The molecular formula is C15H18N2O2S. The van der Waals surface area contributed by atoms with Gasteiger partial charge in [0.15, 0.2) is 0 Å². The minimum atomic E-state index is -0.283. The Morgan fingerprint density at radius 1 is 1.25 bits per heavy atom. The van der Waals surface area contributed by atoms with Crippen molar-refractivity contribution in [1.29, 1.82) is 0 Å². The van der Waals surface area contributed by atoms with Crippen LogP contribution < -0.4 is 5.73 Å². The summed E-state index contributed by atoms with van der Waals surface area (Å²) >= 11 is 1.66. The zero-order chi connectivity index (χ0) is 14.0. The fraction of sp³-hybridized carbons (Fsp3) is 0.400. The van der Waals surface area contributed by atoms with Crippen LogP contribution in [0.5, 0.6) is 0 Å². The number of ether oxygens (including phenoxy) is 2. The molecule has 0 atom stereocenters. The SMILES string of the molecule is COC1(c2nc(-c3ccc(N)cc3)cs2)CCOCC1. The van der Waals surface area contributed by atoms with E-state index in [2.05, 4.69) is 5.38 Å². The molecule has 2 N–H and O–H groups in total. The van der Waals surface area contributed by atoms with Gasteiger partial charge in [-0.05, 0) is 12.1 Å². The van der Waals surface area contributed by atoms with Crippen LogP contribution in [0.4, 0.5) is 5.69 Å². The van der Waals surface area contributed by atoms with E-state index in [-0.39, 0.29) is 5.60 Å². The van der Waals surface area contributed by atoms with Crippen molar-refractivity contribution < 1.29 is 9.47 Å². The zero-order valence-electron chi connectivity index (χ0n) is 11.5. The Kier molecular flexibility index (Phi) is 3.74. The van der Waals surface area contributed by atoms with Gasteiger partial charge in [-0.25, -0.2) is 4.98 Å². The second kappa shape index (κ2) is 5.52. The highest BCUT2D eigenvalue weighted by atomic mass is 32.1. The van der Waals surface area contributed by atoms with Crippen LogP contribution in [-0.2, 0) is 15.1 Å². The molecule has 1 fully saturated rings. The number of aromatic nitrogens is 1. The maximum absolute atomic E-state index is 5.78. The van der Waals surface area contributed by atoms with Gasteiger partial charge in [0.25, 0.3) is 0 Å². The monoisotopic (exact) mass is 290 g/mol. The molecular weight excluding hydrogens is 272 g/mol. The first kappa shape index (κ1) is 13.5. The van der Waals surface area contributed by atoms with Crippen molar-refractivity contribution in [2.45, 2.75) is 18.4 Å². The molecule has 0 spiro atoms. The Morgan fingerprint density at radius 2 is 1.95 bits per heavy atom. The van der Waals surface area contributed by atoms with Crippen LogP contribution in [-0.4, -0.2) is 25.3 Å². The normalized spacial score (nSPS) is 18.1. The van der Waals surface area contributed by atoms with Crippen molar-refractivity contribution in [2.75, 3.05) is 26.1 Å². The highest BCUT2D eigenvalue weighted by Gasteiger charge is 2.37. The molecule has 0 unspecified atom stereocenters. The first-order chi connectivity index (χ1) is 9.73. The Bertz CT molecular complexity index is 574. The summed E-state index contributed by atoms with van der Waals surface area (Å²) in [6.07, 6.45) is 1.72. The number of nitrogens with zero attached hydrogens (tertiary/aromatic N) is 1. The third-order valence-electron chi connectivity index (χ3n) is 3.79. The molecule has 2 heterocycles. The average Bonchev–Trinajstić information content (AvgIpc) is 2.99. The summed E-state index contributed by atoms with van der Waals surface area (Å²) in [4.78, 5) is 4.77. The lowest BCUT2D eigenvalue weighted by molar-refractivity contribution is -0.0947. The highest BCUT2D eigenvalue weighted by molar-refractivity contribution is 7.10. The molecule has 0 radical (unpaired) electrons. The van der Waals surface area contributed by atoms with Crippen LogP contribution in [0.15, 0.2) is 29.6 Å². The lowest BCUT2D eigenvalue weighted by atomic mass is 9.95. The van der Waals surface area contributed by atoms with Gasteiger partial charge in [0.1, 0.15) is 10.6 Å². The second-order valence-corrected chi connectivity index (χ2v) is 5.83. The van der Waals surface area contributed by atoms with Gasteiger partial charge >= 0.3 is 0 Å². The molecule has 1 aromatic carbocycles. The maximum Gasteiger partial charge on any atom is 0.125 e. The fourth-order valence-electron chi connectivity index (χ4n) is 2.48. The number of methoxy groups -OCH3 is 1. The summed E-state index contributed by atoms with van der Waals surface area (Å²) in [6.45, 7) is 1.45. The van der Waals surface area contributed by atoms with Gasteiger partial charge in [0, 0.05) is 49.8 Å². The Labute approximate surface area is 122 Å². The van der Waals surface area contributed by atoms with Crippen LogP contribution in [0.1, 0.15) is 17.8 Å². The number of hydrogen-bond acceptors (Lipinski definition) is 5. The first-order valence-electron chi connectivity index (χ1n) is 6.68. The van der Waals surface area contributed by atoms with Crippen LogP contribution >= 0.6 is 11.3 Å². The van der Waals surface area contributed by atoms with E-state index in [1.165, 1.54) is 0 Å². The van der Waals surface area contributed by atoms with E-state index in [9.17, 15) is 0 Å². The Balaban J connectivity index is 1.91. The summed E-state index contributed by atoms with van der Waals surface area (Å²) in [5, 5.41) is 3.12. The summed E-state index contributed by atoms with van der Waals surface area (Å²) in [7, 11) is 1.76. The number of thiazole rings is 1. The van der Waals surface area contributed by atoms with Crippen molar-refractivity contribution in [3.8, 4) is 11.3 Å². The topological polar surface area (TPSA) is 57.4 Å². The molecule has 20 heavy (non-hydrogen) atoms. The lowest BCUT2D eigenvalue weighted by Gasteiger charge is -2.33. The molecule has 2 aromatic rings. The van der Waals surface area contributed by atoms with Crippen molar-refractivity contribution >= 4 is 17.0 Å². The molecule has 1 saturated heterocycles. The molecule has 1 aliphatic heterocycles. The van der Waals surface area contributed by atoms with Gasteiger partial charge in [0.05, 0.1) is 5.69 Å². The van der Waals surface area contributed by atoms with Gasteiger partial charge in [0.2, 0.25) is 0 Å². The number of hydrogen-bond donors (Lipinski definition) is 1. The van der Waals surface area contributed by atoms with E-state index in [0.29, 0.717) is 0 Å². The molecule has 106 valence electrons. The minimum absolute atomic E-state index is 0.283. The Morgan fingerprint density at radius 3 is 2.60 bits per heavy atom. The van der Waals surface area contributed by atoms with Gasteiger partial charge < -0.3 is 15.2 Å². The lowest BCUT2D eigenvalue weighted by Crippen LogP contribution is -2.35. The van der Waals surface area contributed by atoms with Crippen molar-refractivity contribution in [1.82, 2.24) is 4.98 Å². The summed E-state index contributed by atoms with van der Waals surface area (Å²) in [6, 6.07) is 7.79. The summed E-state index contributed by atoms with van der Waals surface area (Å²) < 4.78 is 11.2. The quantitative estimate of drug-likeness (QED) is 0.883. The molecule has 1 aromatic heterocycles. The van der Waals surface area contributed by atoms with E-state index in [1.807, 2.05) is 24.3 Å². The third-order valence-corrected chi connectivity index (χ3v) is 4.82. The van der Waals surface area contributed by atoms with E-state index in [1.54, 1.807) is 18.4 Å². The predicted octanol–water partition coefficient (Wildman–Crippen LogP) is 3.04. The average molecular weight is 290 g/mol. The smallest absolute Gasteiger partial charge is 0.125 e. The molecule has 0 saturated carbocycles. The molecule has 0 bridgehead atoms. The van der Waals surface area contributed by atoms with E-state index < -0.39 is 0 Å². The molecule has 0 aliphatic carbocycles. The number of benzene rings is 1. The first-order valence-corrected chi connectivity index (χ1v) is 7.56. The zero-order valence-corrected chi connectivity index (χ0v) is 12.3. The number of rotatable bonds is 3. The van der Waals surface area contributed by atoms with E-state index in [0.717, 1.165) is 48.0 Å². The molecule has 3 rings (SSSR count). The molecule has 1 aliphatic rings. The predicted molar refractivity (Wildman–Crippen MR) is 80.7 cm³/mol. The summed E-state index contributed by atoms with van der Waals surface area (Å²) in [5.74, 6) is 0. The van der Waals surface area contributed by atoms with Crippen LogP contribution in [0.25, 0.3) is 11.3 Å². The Hall–Kier alpha value is -1.43. The van der Waals surface area contributed by atoms with Gasteiger partial charge in [-0.1, -0.05) is 12.1 Å². The van der Waals surface area contributed by atoms with Gasteiger partial charge in [-0.3, -0.25) is 0 Å². The third kappa shape index (κ3) is 2.44.